The molecule has 7 heteroatoms. The van der Waals surface area contributed by atoms with Crippen molar-refractivity contribution in [3.8, 4) is 0 Å². The zero-order chi connectivity index (χ0) is 11.6. The molecule has 90 valence electrons. The Hall–Kier alpha value is -0.280. The Morgan fingerprint density at radius 3 is 2.27 bits per heavy atom. The minimum absolute atomic E-state index is 0.00188. The van der Waals surface area contributed by atoms with Crippen molar-refractivity contribution in [1.29, 1.82) is 0 Å². The summed E-state index contributed by atoms with van der Waals surface area (Å²) in [5.41, 5.74) is 0. The van der Waals surface area contributed by atoms with Crippen molar-refractivity contribution in [1.82, 2.24) is 5.32 Å². The lowest BCUT2D eigenvalue weighted by atomic mass is 9.90. The van der Waals surface area contributed by atoms with Gasteiger partial charge in [0.15, 0.2) is 0 Å². The van der Waals surface area contributed by atoms with E-state index in [1.54, 1.807) is 0 Å². The summed E-state index contributed by atoms with van der Waals surface area (Å²) in [6, 6.07) is -0.981. The van der Waals surface area contributed by atoms with E-state index in [-0.39, 0.29) is 6.54 Å². The third kappa shape index (κ3) is 2.64. The molecule has 1 rings (SSSR count). The van der Waals surface area contributed by atoms with Crippen LogP contribution in [0.5, 0.6) is 0 Å². The van der Waals surface area contributed by atoms with Crippen LogP contribution in [0.25, 0.3) is 0 Å². The van der Waals surface area contributed by atoms with Crippen LogP contribution in [-0.4, -0.2) is 80.4 Å². The van der Waals surface area contributed by atoms with Gasteiger partial charge in [-0.3, -0.25) is 0 Å². The lowest BCUT2D eigenvalue weighted by molar-refractivity contribution is -0.132. The van der Waals surface area contributed by atoms with Gasteiger partial charge in [-0.1, -0.05) is 0 Å². The van der Waals surface area contributed by atoms with Gasteiger partial charge in [0.1, 0.15) is 24.4 Å². The van der Waals surface area contributed by atoms with Crippen LogP contribution in [0.2, 0.25) is 0 Å². The third-order valence-corrected chi connectivity index (χ3v) is 2.62. The molecule has 0 aromatic rings. The van der Waals surface area contributed by atoms with Crippen LogP contribution in [0.3, 0.4) is 0 Å². The van der Waals surface area contributed by atoms with E-state index in [2.05, 4.69) is 5.32 Å². The third-order valence-electron chi connectivity index (χ3n) is 2.62. The number of piperidine rings is 1. The second-order valence-corrected chi connectivity index (χ2v) is 3.72. The maximum atomic E-state index is 9.50. The average Bonchev–Trinajstić information content (AvgIpc) is 2.24. The van der Waals surface area contributed by atoms with Gasteiger partial charge in [-0.15, -0.1) is 0 Å². The van der Waals surface area contributed by atoms with Crippen LogP contribution < -0.4 is 5.32 Å². The smallest absolute Gasteiger partial charge is 0.109 e. The fraction of sp³-hybridized carbons (Fsp3) is 1.00. The number of hydrogen-bond acceptors (Lipinski definition) is 7. The Labute approximate surface area is 86.6 Å². The van der Waals surface area contributed by atoms with Crippen molar-refractivity contribution in [2.24, 2.45) is 0 Å². The Morgan fingerprint density at radius 2 is 1.73 bits per heavy atom. The predicted octanol–water partition coefficient (Wildman–Crippen LogP) is -4.24. The Morgan fingerprint density at radius 1 is 1.13 bits per heavy atom. The molecule has 6 atom stereocenters. The van der Waals surface area contributed by atoms with E-state index in [4.69, 9.17) is 10.2 Å². The van der Waals surface area contributed by atoms with E-state index in [1.165, 1.54) is 0 Å². The minimum atomic E-state index is -1.41. The highest BCUT2D eigenvalue weighted by molar-refractivity contribution is 4.97. The van der Waals surface area contributed by atoms with Gasteiger partial charge in [0, 0.05) is 6.54 Å². The molecule has 0 aliphatic carbocycles. The topological polar surface area (TPSA) is 133 Å². The highest BCUT2D eigenvalue weighted by atomic mass is 16.4. The van der Waals surface area contributed by atoms with E-state index in [0.29, 0.717) is 0 Å². The Bertz CT molecular complexity index is 200. The van der Waals surface area contributed by atoms with E-state index >= 15 is 0 Å². The van der Waals surface area contributed by atoms with Gasteiger partial charge in [0.25, 0.3) is 0 Å². The molecule has 1 saturated heterocycles. The number of β-amino-alcohol motifs (C(OH)–C–C–N with tert-alkyl or cyclic N) is 1. The summed E-state index contributed by atoms with van der Waals surface area (Å²) in [5.74, 6) is 0. The number of aliphatic hydroxyl groups is 6. The zero-order valence-corrected chi connectivity index (χ0v) is 8.06. The molecule has 0 unspecified atom stereocenters. The molecule has 0 bridgehead atoms. The second-order valence-electron chi connectivity index (χ2n) is 3.72. The minimum Gasteiger partial charge on any atom is -0.394 e. The molecule has 0 aromatic carbocycles. The molecule has 0 radical (unpaired) electrons. The Kier molecular flexibility index (Phi) is 4.41. The van der Waals surface area contributed by atoms with Gasteiger partial charge >= 0.3 is 0 Å². The lowest BCUT2D eigenvalue weighted by Crippen LogP contribution is -2.65. The van der Waals surface area contributed by atoms with Gasteiger partial charge in [-0.2, -0.15) is 0 Å². The van der Waals surface area contributed by atoms with Crippen LogP contribution in [0, 0.1) is 0 Å². The highest BCUT2D eigenvalue weighted by Gasteiger charge is 2.41. The largest absolute Gasteiger partial charge is 0.394 e. The Balaban J connectivity index is 2.62. The summed E-state index contributed by atoms with van der Waals surface area (Å²) >= 11 is 0. The van der Waals surface area contributed by atoms with Crippen LogP contribution >= 0.6 is 0 Å². The van der Waals surface area contributed by atoms with Crippen LogP contribution in [0.1, 0.15) is 0 Å². The van der Waals surface area contributed by atoms with Gasteiger partial charge < -0.3 is 36.0 Å². The van der Waals surface area contributed by atoms with E-state index in [1.807, 2.05) is 0 Å². The molecular weight excluding hydrogens is 206 g/mol. The monoisotopic (exact) mass is 223 g/mol. The van der Waals surface area contributed by atoms with Gasteiger partial charge in [0.05, 0.1) is 18.8 Å². The molecule has 7 N–H and O–H groups in total. The van der Waals surface area contributed by atoms with E-state index < -0.39 is 43.2 Å². The summed E-state index contributed by atoms with van der Waals surface area (Å²) in [6.07, 6.45) is -6.71. The van der Waals surface area contributed by atoms with E-state index in [9.17, 15) is 20.4 Å². The van der Waals surface area contributed by atoms with Crippen LogP contribution in [-0.2, 0) is 0 Å². The van der Waals surface area contributed by atoms with Gasteiger partial charge in [0.2, 0.25) is 0 Å². The van der Waals surface area contributed by atoms with Crippen molar-refractivity contribution >= 4 is 0 Å². The fourth-order valence-corrected chi connectivity index (χ4v) is 1.61. The first-order chi connectivity index (χ1) is 6.99. The molecule has 0 spiro atoms. The highest BCUT2D eigenvalue weighted by Crippen LogP contribution is 2.15. The second kappa shape index (κ2) is 5.17. The van der Waals surface area contributed by atoms with Crippen LogP contribution in [0.15, 0.2) is 0 Å². The quantitative estimate of drug-likeness (QED) is 0.258. The molecule has 1 aliphatic rings. The maximum absolute atomic E-state index is 9.50. The number of aliphatic hydroxyl groups excluding tert-OH is 6. The first kappa shape index (κ1) is 12.8. The van der Waals surface area contributed by atoms with Crippen molar-refractivity contribution in [3.05, 3.63) is 0 Å². The van der Waals surface area contributed by atoms with E-state index in [0.717, 1.165) is 0 Å². The molecule has 1 heterocycles. The SMILES string of the molecule is OC[C@H](O)[C@H](O)[C@H]1NC[C@H](O)[C@H](O)[C@@H]1O. The van der Waals surface area contributed by atoms with Gasteiger partial charge in [-0.25, -0.2) is 0 Å². The molecule has 1 aliphatic heterocycles. The molecule has 1 fully saturated rings. The number of hydrogen-bond donors (Lipinski definition) is 7. The summed E-state index contributed by atoms with van der Waals surface area (Å²) < 4.78 is 0. The molecule has 7 nitrogen and oxygen atoms in total. The summed E-state index contributed by atoms with van der Waals surface area (Å²) in [7, 11) is 0. The number of nitrogens with one attached hydrogen (secondary N) is 1. The zero-order valence-electron chi connectivity index (χ0n) is 8.06. The first-order valence-electron chi connectivity index (χ1n) is 4.73. The normalized spacial score (nSPS) is 41.2. The standard InChI is InChI=1S/C8H17NO6/c10-2-4(12)6(13)5-8(15)7(14)3(11)1-9-5/h3-15H,1-2H2/t3-,4-,5+,6-,7-,8+/m0/s1. The van der Waals surface area contributed by atoms with Crippen molar-refractivity contribution in [2.75, 3.05) is 13.2 Å². The summed E-state index contributed by atoms with van der Waals surface area (Å²) in [6.45, 7) is -0.650. The molecule has 15 heavy (non-hydrogen) atoms. The van der Waals surface area contributed by atoms with Crippen molar-refractivity contribution < 1.29 is 30.6 Å². The number of rotatable bonds is 3. The predicted molar refractivity (Wildman–Crippen MR) is 48.9 cm³/mol. The molecule has 0 amide bonds. The summed E-state index contributed by atoms with van der Waals surface area (Å²) in [5, 5.41) is 57.8. The first-order valence-corrected chi connectivity index (χ1v) is 4.73. The van der Waals surface area contributed by atoms with Crippen molar-refractivity contribution in [3.63, 3.8) is 0 Å². The molecular formula is C8H17NO6. The fourth-order valence-electron chi connectivity index (χ4n) is 1.61. The molecule has 0 aromatic heterocycles. The van der Waals surface area contributed by atoms with Crippen molar-refractivity contribution in [2.45, 2.75) is 36.6 Å². The average molecular weight is 223 g/mol. The lowest BCUT2D eigenvalue weighted by Gasteiger charge is -2.39. The van der Waals surface area contributed by atoms with Crippen LogP contribution in [0.4, 0.5) is 0 Å². The maximum Gasteiger partial charge on any atom is 0.109 e. The summed E-state index contributed by atoms with van der Waals surface area (Å²) in [4.78, 5) is 0. The molecule has 0 saturated carbocycles. The van der Waals surface area contributed by atoms with Gasteiger partial charge in [-0.05, 0) is 0 Å².